The fourth-order valence-electron chi connectivity index (χ4n) is 4.97. The highest BCUT2D eigenvalue weighted by molar-refractivity contribution is 7.12. The SMILES string of the molecule is O=C(Nc1cccc(Nc2c(NCCN3CCOCC3)c(=O)c2=O)c1)c1sccc1NCc1ccnc2ccccc12. The lowest BCUT2D eigenvalue weighted by Gasteiger charge is -2.27. The van der Waals surface area contributed by atoms with Gasteiger partial charge in [0.2, 0.25) is 0 Å². The van der Waals surface area contributed by atoms with E-state index in [4.69, 9.17) is 4.74 Å². The van der Waals surface area contributed by atoms with Crippen LogP contribution in [0.3, 0.4) is 0 Å². The van der Waals surface area contributed by atoms with Crippen molar-refractivity contribution in [2.45, 2.75) is 6.54 Å². The summed E-state index contributed by atoms with van der Waals surface area (Å²) in [5.74, 6) is -0.246. The van der Waals surface area contributed by atoms with E-state index in [0.717, 1.165) is 41.8 Å². The molecule has 214 valence electrons. The van der Waals surface area contributed by atoms with E-state index in [1.54, 1.807) is 30.5 Å². The first-order valence-corrected chi connectivity index (χ1v) is 14.6. The van der Waals surface area contributed by atoms with Gasteiger partial charge in [0.1, 0.15) is 16.3 Å². The molecule has 0 unspecified atom stereocenters. The average Bonchev–Trinajstić information content (AvgIpc) is 3.51. The van der Waals surface area contributed by atoms with Crippen molar-refractivity contribution in [1.29, 1.82) is 0 Å². The van der Waals surface area contributed by atoms with Crippen molar-refractivity contribution in [3.63, 3.8) is 0 Å². The Balaban J connectivity index is 1.08. The Hall–Kier alpha value is -4.58. The Kier molecular flexibility index (Phi) is 8.22. The Morgan fingerprint density at radius 1 is 0.929 bits per heavy atom. The van der Waals surface area contributed by atoms with E-state index in [-0.39, 0.29) is 11.6 Å². The van der Waals surface area contributed by atoms with E-state index < -0.39 is 10.9 Å². The summed E-state index contributed by atoms with van der Waals surface area (Å²) >= 11 is 1.35. The molecule has 3 heterocycles. The molecule has 1 fully saturated rings. The number of ether oxygens (including phenoxy) is 1. The molecule has 4 N–H and O–H groups in total. The maximum atomic E-state index is 13.2. The third kappa shape index (κ3) is 6.03. The van der Waals surface area contributed by atoms with Crippen molar-refractivity contribution < 1.29 is 9.53 Å². The number of carbonyl (C=O) groups excluding carboxylic acids is 1. The minimum Gasteiger partial charge on any atom is -0.380 e. The molecule has 1 aliphatic rings. The van der Waals surface area contributed by atoms with Crippen LogP contribution in [-0.2, 0) is 11.3 Å². The molecule has 42 heavy (non-hydrogen) atoms. The molecule has 0 bridgehead atoms. The molecule has 6 rings (SSSR count). The number of hydrogen-bond donors (Lipinski definition) is 4. The molecule has 11 heteroatoms. The van der Waals surface area contributed by atoms with Gasteiger partial charge in [-0.2, -0.15) is 0 Å². The van der Waals surface area contributed by atoms with Crippen molar-refractivity contribution >= 4 is 56.6 Å². The smallest absolute Gasteiger partial charge is 0.267 e. The van der Waals surface area contributed by atoms with Crippen LogP contribution in [0.5, 0.6) is 0 Å². The van der Waals surface area contributed by atoms with Crippen molar-refractivity contribution in [3.8, 4) is 0 Å². The van der Waals surface area contributed by atoms with Gasteiger partial charge in [-0.15, -0.1) is 11.3 Å². The third-order valence-electron chi connectivity index (χ3n) is 7.21. The molecule has 1 amide bonds. The van der Waals surface area contributed by atoms with Gasteiger partial charge in [-0.1, -0.05) is 24.3 Å². The number of hydrogen-bond acceptors (Lipinski definition) is 10. The highest BCUT2D eigenvalue weighted by Gasteiger charge is 2.21. The average molecular weight is 583 g/mol. The fraction of sp³-hybridized carbons (Fsp3) is 0.226. The van der Waals surface area contributed by atoms with Crippen LogP contribution in [-0.4, -0.2) is 55.2 Å². The third-order valence-corrected chi connectivity index (χ3v) is 8.13. The monoisotopic (exact) mass is 582 g/mol. The van der Waals surface area contributed by atoms with E-state index >= 15 is 0 Å². The van der Waals surface area contributed by atoms with Crippen LogP contribution in [0.1, 0.15) is 15.2 Å². The first-order chi connectivity index (χ1) is 20.6. The molecule has 1 saturated heterocycles. The van der Waals surface area contributed by atoms with E-state index in [2.05, 4.69) is 31.2 Å². The van der Waals surface area contributed by atoms with Crippen LogP contribution in [0, 0.1) is 0 Å². The number of rotatable bonds is 11. The largest absolute Gasteiger partial charge is 0.380 e. The van der Waals surface area contributed by atoms with Crippen LogP contribution < -0.4 is 32.1 Å². The summed E-state index contributed by atoms with van der Waals surface area (Å²) in [6.45, 7) is 4.95. The van der Waals surface area contributed by atoms with Crippen molar-refractivity contribution in [3.05, 3.63) is 103 Å². The van der Waals surface area contributed by atoms with Crippen molar-refractivity contribution in [2.24, 2.45) is 0 Å². The maximum absolute atomic E-state index is 13.2. The Morgan fingerprint density at radius 2 is 1.74 bits per heavy atom. The number of para-hydroxylation sites is 1. The summed E-state index contributed by atoms with van der Waals surface area (Å²) in [5, 5.41) is 15.4. The summed E-state index contributed by atoms with van der Waals surface area (Å²) in [4.78, 5) is 45.0. The minimum absolute atomic E-state index is 0.235. The second-order valence-electron chi connectivity index (χ2n) is 9.95. The number of nitrogens with one attached hydrogen (secondary N) is 4. The first-order valence-electron chi connectivity index (χ1n) is 13.8. The van der Waals surface area contributed by atoms with Crippen LogP contribution in [0.2, 0.25) is 0 Å². The van der Waals surface area contributed by atoms with Crippen molar-refractivity contribution in [2.75, 3.05) is 60.7 Å². The Morgan fingerprint density at radius 3 is 2.62 bits per heavy atom. The Labute approximate surface area is 246 Å². The zero-order valence-electron chi connectivity index (χ0n) is 22.8. The topological polar surface area (TPSA) is 125 Å². The number of aromatic nitrogens is 1. The van der Waals surface area contributed by atoms with Gasteiger partial charge in [-0.3, -0.25) is 24.3 Å². The standard InChI is InChI=1S/C31H30N6O4S/c38-28-26(33-11-12-37-13-15-41-16-14-37)27(29(28)39)35-21-4-3-5-22(18-21)36-31(40)30-25(9-17-42-30)34-19-20-8-10-32-24-7-2-1-6-23(20)24/h1-10,17-18,33-35H,11-16,19H2,(H,36,40). The zero-order chi connectivity index (χ0) is 28.9. The number of benzene rings is 2. The summed E-state index contributed by atoms with van der Waals surface area (Å²) in [7, 11) is 0. The molecular weight excluding hydrogens is 552 g/mol. The summed E-state index contributed by atoms with van der Waals surface area (Å²) in [6.07, 6.45) is 1.79. The van der Waals surface area contributed by atoms with Crippen molar-refractivity contribution in [1.82, 2.24) is 9.88 Å². The predicted molar refractivity (Wildman–Crippen MR) is 168 cm³/mol. The van der Waals surface area contributed by atoms with E-state index in [0.29, 0.717) is 48.2 Å². The van der Waals surface area contributed by atoms with Crippen LogP contribution in [0.25, 0.3) is 10.9 Å². The van der Waals surface area contributed by atoms with Gasteiger partial charge in [0.15, 0.2) is 0 Å². The van der Waals surface area contributed by atoms with Gasteiger partial charge < -0.3 is 26.0 Å². The summed E-state index contributed by atoms with van der Waals surface area (Å²) in [6, 6.07) is 18.9. The number of carbonyl (C=O) groups is 1. The van der Waals surface area contributed by atoms with Gasteiger partial charge in [0.05, 0.1) is 24.4 Å². The zero-order valence-corrected chi connectivity index (χ0v) is 23.6. The molecule has 0 saturated carbocycles. The van der Waals surface area contributed by atoms with Crippen LogP contribution in [0.4, 0.5) is 28.4 Å². The predicted octanol–water partition coefficient (Wildman–Crippen LogP) is 4.24. The fourth-order valence-corrected chi connectivity index (χ4v) is 5.74. The molecule has 10 nitrogen and oxygen atoms in total. The quantitative estimate of drug-likeness (QED) is 0.169. The molecule has 0 atom stereocenters. The van der Waals surface area contributed by atoms with Gasteiger partial charge in [0, 0.05) is 55.7 Å². The second-order valence-corrected chi connectivity index (χ2v) is 10.9. The molecule has 0 aliphatic carbocycles. The molecule has 1 aliphatic heterocycles. The van der Waals surface area contributed by atoms with Gasteiger partial charge in [-0.25, -0.2) is 0 Å². The van der Waals surface area contributed by atoms with Crippen LogP contribution in [0.15, 0.2) is 81.8 Å². The van der Waals surface area contributed by atoms with Gasteiger partial charge in [0.25, 0.3) is 16.8 Å². The summed E-state index contributed by atoms with van der Waals surface area (Å²) < 4.78 is 5.36. The lowest BCUT2D eigenvalue weighted by atomic mass is 10.1. The number of anilines is 5. The molecule has 0 radical (unpaired) electrons. The number of morpholine rings is 1. The van der Waals surface area contributed by atoms with Gasteiger partial charge >= 0.3 is 0 Å². The van der Waals surface area contributed by atoms with Gasteiger partial charge in [-0.05, 0) is 47.3 Å². The van der Waals surface area contributed by atoms with Crippen LogP contribution >= 0.6 is 11.3 Å². The summed E-state index contributed by atoms with van der Waals surface area (Å²) in [5.41, 5.74) is 3.34. The molecular formula is C31H30N6O4S. The first kappa shape index (κ1) is 27.6. The van der Waals surface area contributed by atoms with E-state index in [9.17, 15) is 14.4 Å². The lowest BCUT2D eigenvalue weighted by Crippen LogP contribution is -2.41. The number of pyridine rings is 1. The molecule has 0 spiro atoms. The minimum atomic E-state index is -0.561. The second kappa shape index (κ2) is 12.5. The molecule has 5 aromatic rings. The number of amides is 1. The highest BCUT2D eigenvalue weighted by Crippen LogP contribution is 2.27. The van der Waals surface area contributed by atoms with E-state index in [1.165, 1.54) is 11.3 Å². The number of thiophene rings is 1. The van der Waals surface area contributed by atoms with E-state index in [1.807, 2.05) is 41.8 Å². The maximum Gasteiger partial charge on any atom is 0.267 e. The number of fused-ring (bicyclic) bond motifs is 1. The molecule has 2 aromatic heterocycles. The Bertz CT molecular complexity index is 1780. The molecule has 3 aromatic carbocycles. The lowest BCUT2D eigenvalue weighted by molar-refractivity contribution is 0.0398. The highest BCUT2D eigenvalue weighted by atomic mass is 32.1. The normalized spacial score (nSPS) is 13.7. The number of nitrogens with zero attached hydrogens (tertiary/aromatic N) is 2.